The van der Waals surface area contributed by atoms with Crippen LogP contribution in [0.3, 0.4) is 0 Å². The Balaban J connectivity index is 2.26. The third-order valence-electron chi connectivity index (χ3n) is 5.93. The first-order valence-corrected chi connectivity index (χ1v) is 13.2. The van der Waals surface area contributed by atoms with Gasteiger partial charge in [0.15, 0.2) is 0 Å². The minimum atomic E-state index is -1.17. The van der Waals surface area contributed by atoms with Crippen LogP contribution >= 0.6 is 12.6 Å². The molecule has 0 aliphatic carbocycles. The Morgan fingerprint density at radius 3 is 1.61 bits per heavy atom. The Kier molecular flexibility index (Phi) is 13.3. The average molecular weight is 544 g/mol. The van der Waals surface area contributed by atoms with Crippen LogP contribution < -0.4 is 27.4 Å². The van der Waals surface area contributed by atoms with Gasteiger partial charge in [0.1, 0.15) is 18.1 Å². The molecular formula is C27H37N5O5S. The quantitative estimate of drug-likeness (QED) is 0.118. The number of thiol groups is 1. The second kappa shape index (κ2) is 16.4. The van der Waals surface area contributed by atoms with E-state index in [0.717, 1.165) is 11.1 Å². The second-order valence-electron chi connectivity index (χ2n) is 8.97. The fourth-order valence-electron chi connectivity index (χ4n) is 3.77. The van der Waals surface area contributed by atoms with E-state index in [4.69, 9.17) is 11.5 Å². The Morgan fingerprint density at radius 1 is 0.737 bits per heavy atom. The van der Waals surface area contributed by atoms with Crippen molar-refractivity contribution >= 4 is 36.3 Å². The molecule has 38 heavy (non-hydrogen) atoms. The molecule has 2 aromatic carbocycles. The van der Waals surface area contributed by atoms with Gasteiger partial charge in [0.05, 0.1) is 6.04 Å². The number of carbonyl (C=O) groups excluding carboxylic acids is 3. The largest absolute Gasteiger partial charge is 0.480 e. The van der Waals surface area contributed by atoms with Gasteiger partial charge in [-0.2, -0.15) is 12.6 Å². The lowest BCUT2D eigenvalue weighted by atomic mass is 10.0. The molecule has 2 aromatic rings. The SMILES string of the molecule is NCCCCC(NC(=O)C(Cc1ccccc1)NC(=O)C(Cc1ccccc1)NC(=O)C(N)CS)C(=O)O. The van der Waals surface area contributed by atoms with Gasteiger partial charge in [-0.3, -0.25) is 14.4 Å². The molecule has 0 aliphatic rings. The first-order valence-electron chi connectivity index (χ1n) is 12.5. The summed E-state index contributed by atoms with van der Waals surface area (Å²) in [5, 5.41) is 17.5. The van der Waals surface area contributed by atoms with E-state index in [1.807, 2.05) is 36.4 Å². The molecule has 0 saturated heterocycles. The standard InChI is InChI=1S/C27H37N5O5S/c28-14-8-7-13-21(27(36)37)30-25(34)23(16-19-11-5-2-6-12-19)32-26(35)22(31-24(33)20(29)17-38)15-18-9-3-1-4-10-18/h1-6,9-12,20-23,38H,7-8,13-17,28-29H2,(H,30,34)(H,31,33)(H,32,35)(H,36,37). The van der Waals surface area contributed by atoms with Gasteiger partial charge in [0.25, 0.3) is 0 Å². The number of hydrogen-bond acceptors (Lipinski definition) is 7. The topological polar surface area (TPSA) is 177 Å². The smallest absolute Gasteiger partial charge is 0.326 e. The molecule has 8 N–H and O–H groups in total. The molecule has 4 unspecified atom stereocenters. The third kappa shape index (κ3) is 10.5. The maximum absolute atomic E-state index is 13.4. The summed E-state index contributed by atoms with van der Waals surface area (Å²) in [7, 11) is 0. The number of aliphatic carboxylic acids is 1. The van der Waals surface area contributed by atoms with Crippen molar-refractivity contribution in [3.63, 3.8) is 0 Å². The molecule has 10 nitrogen and oxygen atoms in total. The number of carbonyl (C=O) groups is 4. The summed E-state index contributed by atoms with van der Waals surface area (Å²) in [4.78, 5) is 51.0. The maximum atomic E-state index is 13.4. The van der Waals surface area contributed by atoms with Crippen LogP contribution in [-0.4, -0.2) is 65.3 Å². The van der Waals surface area contributed by atoms with E-state index in [0.29, 0.717) is 19.4 Å². The number of carboxylic acid groups (broad SMARTS) is 1. The van der Waals surface area contributed by atoms with Crippen LogP contribution in [0.5, 0.6) is 0 Å². The van der Waals surface area contributed by atoms with Crippen molar-refractivity contribution in [1.29, 1.82) is 0 Å². The highest BCUT2D eigenvalue weighted by Gasteiger charge is 2.30. The highest BCUT2D eigenvalue weighted by atomic mass is 32.1. The number of nitrogens with two attached hydrogens (primary N) is 2. The number of rotatable bonds is 16. The number of amides is 3. The molecule has 206 valence electrons. The van der Waals surface area contributed by atoms with E-state index in [1.165, 1.54) is 0 Å². The summed E-state index contributed by atoms with van der Waals surface area (Å²) >= 11 is 4.05. The van der Waals surface area contributed by atoms with Gasteiger partial charge >= 0.3 is 5.97 Å². The second-order valence-corrected chi connectivity index (χ2v) is 9.34. The fourth-order valence-corrected chi connectivity index (χ4v) is 3.94. The monoisotopic (exact) mass is 543 g/mol. The van der Waals surface area contributed by atoms with Crippen LogP contribution in [0.1, 0.15) is 30.4 Å². The fraction of sp³-hybridized carbons (Fsp3) is 0.407. The van der Waals surface area contributed by atoms with E-state index < -0.39 is 47.9 Å². The zero-order valence-corrected chi connectivity index (χ0v) is 22.1. The molecule has 0 aliphatic heterocycles. The van der Waals surface area contributed by atoms with Crippen molar-refractivity contribution in [2.45, 2.75) is 56.3 Å². The summed E-state index contributed by atoms with van der Waals surface area (Å²) < 4.78 is 0. The summed E-state index contributed by atoms with van der Waals surface area (Å²) in [6, 6.07) is 14.0. The number of carboxylic acids is 1. The van der Waals surface area contributed by atoms with E-state index in [1.54, 1.807) is 24.3 Å². The van der Waals surface area contributed by atoms with Crippen LogP contribution in [-0.2, 0) is 32.0 Å². The number of hydrogen-bond donors (Lipinski definition) is 7. The highest BCUT2D eigenvalue weighted by molar-refractivity contribution is 7.80. The van der Waals surface area contributed by atoms with Gasteiger partial charge < -0.3 is 32.5 Å². The predicted octanol–water partition coefficient (Wildman–Crippen LogP) is 0.397. The number of nitrogens with one attached hydrogen (secondary N) is 3. The van der Waals surface area contributed by atoms with Gasteiger partial charge in [0, 0.05) is 18.6 Å². The summed E-state index contributed by atoms with van der Waals surface area (Å²) in [5.41, 5.74) is 12.9. The third-order valence-corrected chi connectivity index (χ3v) is 6.32. The van der Waals surface area contributed by atoms with Crippen LogP contribution in [0, 0.1) is 0 Å². The molecule has 0 fully saturated rings. The first-order chi connectivity index (χ1) is 18.2. The van der Waals surface area contributed by atoms with Crippen LogP contribution in [0.2, 0.25) is 0 Å². The zero-order valence-electron chi connectivity index (χ0n) is 21.2. The van der Waals surface area contributed by atoms with E-state index in [2.05, 4.69) is 28.6 Å². The van der Waals surface area contributed by atoms with Crippen molar-refractivity contribution < 1.29 is 24.3 Å². The molecule has 0 aromatic heterocycles. The van der Waals surface area contributed by atoms with Crippen LogP contribution in [0.4, 0.5) is 0 Å². The van der Waals surface area contributed by atoms with Gasteiger partial charge in [-0.25, -0.2) is 4.79 Å². The van der Waals surface area contributed by atoms with Gasteiger partial charge in [-0.15, -0.1) is 0 Å². The van der Waals surface area contributed by atoms with Crippen molar-refractivity contribution in [3.8, 4) is 0 Å². The molecule has 11 heteroatoms. The van der Waals surface area contributed by atoms with Crippen LogP contribution in [0.15, 0.2) is 60.7 Å². The minimum Gasteiger partial charge on any atom is -0.480 e. The maximum Gasteiger partial charge on any atom is 0.326 e. The Labute approximate surface area is 228 Å². The van der Waals surface area contributed by atoms with Crippen LogP contribution in [0.25, 0.3) is 0 Å². The van der Waals surface area contributed by atoms with Crippen molar-refractivity contribution in [2.75, 3.05) is 12.3 Å². The number of unbranched alkanes of at least 4 members (excludes halogenated alkanes) is 1. The minimum absolute atomic E-state index is 0.0886. The lowest BCUT2D eigenvalue weighted by Gasteiger charge is -2.25. The normalized spacial score (nSPS) is 14.0. The lowest BCUT2D eigenvalue weighted by molar-refractivity contribution is -0.142. The summed E-state index contributed by atoms with van der Waals surface area (Å²) in [5.74, 6) is -2.87. The predicted molar refractivity (Wildman–Crippen MR) is 148 cm³/mol. The average Bonchev–Trinajstić information content (AvgIpc) is 2.92. The zero-order chi connectivity index (χ0) is 27.9. The van der Waals surface area contributed by atoms with E-state index in [-0.39, 0.29) is 25.0 Å². The summed E-state index contributed by atoms with van der Waals surface area (Å²) in [6.45, 7) is 0.415. The van der Waals surface area contributed by atoms with Gasteiger partial charge in [-0.05, 0) is 36.9 Å². The Morgan fingerprint density at radius 2 is 1.18 bits per heavy atom. The molecule has 4 atom stereocenters. The molecule has 0 radical (unpaired) electrons. The first kappa shape index (κ1) is 30.8. The Bertz CT molecular complexity index is 1040. The van der Waals surface area contributed by atoms with Crippen molar-refractivity contribution in [1.82, 2.24) is 16.0 Å². The molecular weight excluding hydrogens is 506 g/mol. The molecule has 0 spiro atoms. The van der Waals surface area contributed by atoms with E-state index >= 15 is 0 Å². The van der Waals surface area contributed by atoms with Crippen molar-refractivity contribution in [2.24, 2.45) is 11.5 Å². The number of benzene rings is 2. The lowest BCUT2D eigenvalue weighted by Crippen LogP contribution is -2.58. The summed E-state index contributed by atoms with van der Waals surface area (Å²) in [6.07, 6.45) is 1.64. The molecule has 0 bridgehead atoms. The van der Waals surface area contributed by atoms with E-state index in [9.17, 15) is 24.3 Å². The molecule has 3 amide bonds. The molecule has 0 heterocycles. The Hall–Kier alpha value is -3.41. The van der Waals surface area contributed by atoms with Crippen molar-refractivity contribution in [3.05, 3.63) is 71.8 Å². The van der Waals surface area contributed by atoms with Gasteiger partial charge in [-0.1, -0.05) is 60.7 Å². The van der Waals surface area contributed by atoms with Gasteiger partial charge in [0.2, 0.25) is 17.7 Å². The molecule has 2 rings (SSSR count). The molecule has 0 saturated carbocycles. The highest BCUT2D eigenvalue weighted by Crippen LogP contribution is 2.09.